The Labute approximate surface area is 309 Å². The number of allylic oxidation sites excluding steroid dienone is 8. The Morgan fingerprint density at radius 3 is 2.31 bits per heavy atom. The van der Waals surface area contributed by atoms with Crippen LogP contribution in [0.2, 0.25) is 0 Å². The molecule has 0 radical (unpaired) electrons. The number of likely N-dealkylation sites (N-methyl/N-ethyl adjacent to an activating group) is 1. The summed E-state index contributed by atoms with van der Waals surface area (Å²) in [7, 11) is -2.14. The third-order valence-corrected chi connectivity index (χ3v) is 12.3. The van der Waals surface area contributed by atoms with E-state index in [1.165, 1.54) is 15.6 Å². The third kappa shape index (κ3) is 8.50. The van der Waals surface area contributed by atoms with Crippen LogP contribution in [0.5, 0.6) is 0 Å². The minimum Gasteiger partial charge on any atom is -0.344 e. The minimum atomic E-state index is -3.72. The van der Waals surface area contributed by atoms with Crippen LogP contribution in [0.15, 0.2) is 94.4 Å². The van der Waals surface area contributed by atoms with Crippen LogP contribution in [0.25, 0.3) is 0 Å². The van der Waals surface area contributed by atoms with Crippen molar-refractivity contribution in [1.82, 2.24) is 4.31 Å². The van der Waals surface area contributed by atoms with Crippen molar-refractivity contribution >= 4 is 44.9 Å². The molecule has 0 aromatic heterocycles. The molecule has 0 unspecified atom stereocenters. The van der Waals surface area contributed by atoms with E-state index in [0.717, 1.165) is 52.7 Å². The first kappa shape index (κ1) is 40.5. The van der Waals surface area contributed by atoms with Gasteiger partial charge in [-0.1, -0.05) is 70.0 Å². The molecule has 0 aliphatic carbocycles. The van der Waals surface area contributed by atoms with Crippen molar-refractivity contribution in [3.63, 3.8) is 0 Å². The fourth-order valence-electron chi connectivity index (χ4n) is 6.88. The second-order valence-corrected chi connectivity index (χ2v) is 17.8. The van der Waals surface area contributed by atoms with Crippen LogP contribution >= 0.6 is 12.0 Å². The number of fused-ring (bicyclic) bond motifs is 2. The van der Waals surface area contributed by atoms with E-state index in [0.29, 0.717) is 12.8 Å². The Hall–Kier alpha value is -3.32. The van der Waals surface area contributed by atoms with Gasteiger partial charge in [-0.05, 0) is 76.1 Å². The highest BCUT2D eigenvalue weighted by atomic mass is 32.2. The summed E-state index contributed by atoms with van der Waals surface area (Å²) in [4.78, 5) is 15.7. The van der Waals surface area contributed by atoms with Crippen molar-refractivity contribution < 1.29 is 32.4 Å². The van der Waals surface area contributed by atoms with Gasteiger partial charge in [0.05, 0.1) is 22.4 Å². The van der Waals surface area contributed by atoms with E-state index >= 15 is 0 Å². The molecule has 0 bridgehead atoms. The van der Waals surface area contributed by atoms with E-state index in [1.807, 2.05) is 63.3 Å². The standard InChI is InChI=1S/C40H53N3O6S2/c1-11-42-33-24-22-29(50-49-48-45)27-31(33)39(6,7)35(42)19-16-14-13-15-17-20-36-40(8,9)32-28-30(23-25-34(32)43(36)12-2)51(46,47)41(10)26-18-21-37(44)38(3,4)5/h13-17,19-20,22-25,27-28H,11-12,18,21,26H2,1-10H3/p+1. The van der Waals surface area contributed by atoms with Gasteiger partial charge in [-0.2, -0.15) is 4.58 Å². The van der Waals surface area contributed by atoms with Gasteiger partial charge in [0.2, 0.25) is 15.7 Å². The number of sulfonamides is 1. The number of carbonyl (C=O) groups is 1. The van der Waals surface area contributed by atoms with Gasteiger partial charge in [0, 0.05) is 71.4 Å². The molecule has 0 saturated carbocycles. The number of ketones is 1. The Morgan fingerprint density at radius 1 is 0.980 bits per heavy atom. The van der Waals surface area contributed by atoms with Crippen molar-refractivity contribution in [2.75, 3.05) is 31.6 Å². The first-order valence-corrected chi connectivity index (χ1v) is 19.7. The van der Waals surface area contributed by atoms with Crippen LogP contribution in [0, 0.1) is 5.41 Å². The predicted octanol–water partition coefficient (Wildman–Crippen LogP) is 8.90. The number of anilines is 1. The largest absolute Gasteiger partial charge is 0.344 e. The van der Waals surface area contributed by atoms with Crippen LogP contribution in [-0.4, -0.2) is 60.7 Å². The third-order valence-electron chi connectivity index (χ3n) is 9.89. The topological polar surface area (TPSA) is 99.4 Å². The maximum absolute atomic E-state index is 13.6. The zero-order valence-electron chi connectivity index (χ0n) is 31.7. The lowest BCUT2D eigenvalue weighted by Gasteiger charge is -2.25. The van der Waals surface area contributed by atoms with Gasteiger partial charge in [0.1, 0.15) is 12.3 Å². The molecule has 2 aromatic rings. The summed E-state index contributed by atoms with van der Waals surface area (Å²) in [6, 6.07) is 11.5. The molecule has 2 aliphatic rings. The van der Waals surface area contributed by atoms with Crippen LogP contribution in [0.1, 0.15) is 86.3 Å². The molecule has 2 aromatic carbocycles. The van der Waals surface area contributed by atoms with Crippen molar-refractivity contribution in [3.8, 4) is 0 Å². The SMILES string of the molecule is CCN1/C(=C/C=C/C=C/C=C/C2=[N+](CC)c3ccc(SOOO)cc3C2(C)C)C(C)(C)c2cc(S(=O)(=O)N(C)CCCC(=O)C(C)(C)C)ccc21. The summed E-state index contributed by atoms with van der Waals surface area (Å²) in [5.74, 6) is 0.132. The molecule has 0 spiro atoms. The van der Waals surface area contributed by atoms with Crippen LogP contribution in [-0.2, 0) is 35.0 Å². The van der Waals surface area contributed by atoms with Gasteiger partial charge in [-0.3, -0.25) is 4.79 Å². The molecule has 0 saturated heterocycles. The van der Waals surface area contributed by atoms with Crippen molar-refractivity contribution in [2.24, 2.45) is 5.41 Å². The molecule has 2 aliphatic heterocycles. The molecule has 2 heterocycles. The van der Waals surface area contributed by atoms with Gasteiger partial charge in [0.15, 0.2) is 5.71 Å². The highest BCUT2D eigenvalue weighted by molar-refractivity contribution is 7.94. The Balaban J connectivity index is 1.48. The van der Waals surface area contributed by atoms with Crippen LogP contribution < -0.4 is 4.90 Å². The lowest BCUT2D eigenvalue weighted by molar-refractivity contribution is -0.433. The molecular formula is C40H54N3O6S2+. The highest BCUT2D eigenvalue weighted by Crippen LogP contribution is 2.48. The lowest BCUT2D eigenvalue weighted by atomic mass is 9.81. The number of hydrogen-bond acceptors (Lipinski definition) is 8. The summed E-state index contributed by atoms with van der Waals surface area (Å²) in [6.45, 7) is 20.4. The number of Topliss-reactive ketones (excluding diaryl/α,β-unsaturated/α-hetero) is 1. The van der Waals surface area contributed by atoms with Gasteiger partial charge in [-0.25, -0.2) is 18.0 Å². The Kier molecular flexibility index (Phi) is 12.8. The minimum absolute atomic E-state index is 0.132. The molecule has 0 amide bonds. The zero-order valence-corrected chi connectivity index (χ0v) is 33.3. The summed E-state index contributed by atoms with van der Waals surface area (Å²) in [6.07, 6.45) is 15.2. The van der Waals surface area contributed by atoms with E-state index in [9.17, 15) is 13.2 Å². The van der Waals surface area contributed by atoms with Gasteiger partial charge in [0.25, 0.3) is 0 Å². The normalized spacial score (nSPS) is 18.0. The first-order chi connectivity index (χ1) is 23.9. The molecular weight excluding hydrogens is 683 g/mol. The summed E-state index contributed by atoms with van der Waals surface area (Å²) >= 11 is 0.960. The van der Waals surface area contributed by atoms with Gasteiger partial charge in [-0.15, -0.1) is 4.33 Å². The van der Waals surface area contributed by atoms with Gasteiger partial charge < -0.3 is 4.90 Å². The summed E-state index contributed by atoms with van der Waals surface area (Å²) < 4.78 is 35.5. The number of hydrogen-bond donors (Lipinski definition) is 1. The van der Waals surface area contributed by atoms with Crippen LogP contribution in [0.4, 0.5) is 11.4 Å². The average Bonchev–Trinajstić information content (AvgIpc) is 3.43. The van der Waals surface area contributed by atoms with Crippen molar-refractivity contribution in [3.05, 3.63) is 95.8 Å². The second-order valence-electron chi connectivity index (χ2n) is 15.0. The fraction of sp³-hybridized carbons (Fsp3) is 0.450. The van der Waals surface area contributed by atoms with Gasteiger partial charge >= 0.3 is 0 Å². The van der Waals surface area contributed by atoms with E-state index in [1.54, 1.807) is 13.1 Å². The molecule has 0 fully saturated rings. The lowest BCUT2D eigenvalue weighted by Crippen LogP contribution is -2.29. The highest BCUT2D eigenvalue weighted by Gasteiger charge is 2.44. The van der Waals surface area contributed by atoms with E-state index in [4.69, 9.17) is 5.26 Å². The van der Waals surface area contributed by atoms with Crippen LogP contribution in [0.3, 0.4) is 0 Å². The summed E-state index contributed by atoms with van der Waals surface area (Å²) in [5.41, 5.74) is 5.50. The van der Waals surface area contributed by atoms with E-state index in [2.05, 4.69) is 90.8 Å². The van der Waals surface area contributed by atoms with Crippen molar-refractivity contribution in [2.45, 2.75) is 95.8 Å². The first-order valence-electron chi connectivity index (χ1n) is 17.5. The molecule has 276 valence electrons. The fourth-order valence-corrected chi connectivity index (χ4v) is 8.52. The Bertz CT molecular complexity index is 1880. The number of nitrogens with zero attached hydrogens (tertiary/aromatic N) is 3. The maximum Gasteiger partial charge on any atom is 0.242 e. The monoisotopic (exact) mass is 736 g/mol. The predicted molar refractivity (Wildman–Crippen MR) is 207 cm³/mol. The van der Waals surface area contributed by atoms with E-state index in [-0.39, 0.29) is 22.6 Å². The van der Waals surface area contributed by atoms with E-state index < -0.39 is 20.9 Å². The Morgan fingerprint density at radius 2 is 1.67 bits per heavy atom. The quantitative estimate of drug-likeness (QED) is 0.0637. The summed E-state index contributed by atoms with van der Waals surface area (Å²) in [5, 5.41) is 12.3. The molecule has 1 N–H and O–H groups in total. The number of benzene rings is 2. The molecule has 0 atom stereocenters. The zero-order chi connectivity index (χ0) is 37.8. The van der Waals surface area contributed by atoms with Crippen molar-refractivity contribution in [1.29, 1.82) is 0 Å². The smallest absolute Gasteiger partial charge is 0.242 e. The number of carbonyl (C=O) groups excluding carboxylic acids is 1. The second kappa shape index (κ2) is 16.1. The maximum atomic E-state index is 13.6. The molecule has 11 heteroatoms. The number of rotatable bonds is 15. The average molecular weight is 737 g/mol. The molecule has 4 rings (SSSR count). The molecule has 51 heavy (non-hydrogen) atoms. The molecule has 9 nitrogen and oxygen atoms in total.